The van der Waals surface area contributed by atoms with E-state index in [1.165, 1.54) is 6.92 Å². The maximum Gasteiger partial charge on any atom is 0.223 e. The van der Waals surface area contributed by atoms with Crippen molar-refractivity contribution in [3.05, 3.63) is 0 Å². The summed E-state index contributed by atoms with van der Waals surface area (Å²) in [6.45, 7) is 0.982. The Bertz CT molecular complexity index is 1100. The summed E-state index contributed by atoms with van der Waals surface area (Å²) >= 11 is 0. The number of unbranched alkanes of at least 4 members (excludes halogenated alkanes) is 12. The van der Waals surface area contributed by atoms with Crippen molar-refractivity contribution < 1.29 is 94.5 Å². The summed E-state index contributed by atoms with van der Waals surface area (Å²) in [5, 5.41) is 127. The highest BCUT2D eigenvalue weighted by Crippen LogP contribution is 2.28. The Morgan fingerprint density at radius 2 is 1.03 bits per heavy atom. The standard InChI is InChI=1S/C42H81NO19/c1-4-6-8-10-12-14-16-18-27(19-17-15-13-11-9-7-5-2)37(54)43-42(25-59-41(38(55)56)60-28(20-44)26(3)47,23-57-39-35(52)33(50)31(48)29(21-45)61-39)24-58-40-36(53)34(51)32(49)30(22-46)62-40/h26-36,38-41,44-53,55-56H,4-25H2,1-3H3,(H,43,54)/t26-,28?,29?,30?,31?,32?,33?,34?,35?,36?,39?,40?,41?,42?/m0/s1. The third kappa shape index (κ3) is 18.9. The Morgan fingerprint density at radius 3 is 1.40 bits per heavy atom. The molecule has 2 aliphatic rings. The van der Waals surface area contributed by atoms with E-state index in [1.54, 1.807) is 0 Å². The lowest BCUT2D eigenvalue weighted by molar-refractivity contribution is -0.321. The molecule has 0 aliphatic carbocycles. The number of ether oxygens (including phenoxy) is 6. The van der Waals surface area contributed by atoms with E-state index in [2.05, 4.69) is 19.2 Å². The molecule has 2 heterocycles. The van der Waals surface area contributed by atoms with Crippen LogP contribution in [-0.2, 0) is 33.2 Å². The van der Waals surface area contributed by atoms with Gasteiger partial charge in [-0.05, 0) is 19.8 Å². The van der Waals surface area contributed by atoms with Crippen molar-refractivity contribution in [2.75, 3.05) is 39.6 Å². The third-order valence-corrected chi connectivity index (χ3v) is 11.6. The van der Waals surface area contributed by atoms with Gasteiger partial charge in [-0.1, -0.05) is 104 Å². The number of nitrogens with one attached hydrogen (secondary N) is 1. The quantitative estimate of drug-likeness (QED) is 0.0266. The number of carbonyl (C=O) groups excluding carboxylic acids is 1. The van der Waals surface area contributed by atoms with Gasteiger partial charge in [-0.3, -0.25) is 4.79 Å². The zero-order valence-electron chi connectivity index (χ0n) is 36.9. The fourth-order valence-electron chi connectivity index (χ4n) is 7.51. The molecule has 2 saturated heterocycles. The summed E-state index contributed by atoms with van der Waals surface area (Å²) in [6, 6.07) is 0. The van der Waals surface area contributed by atoms with Gasteiger partial charge >= 0.3 is 0 Å². The van der Waals surface area contributed by atoms with Crippen LogP contribution in [0.25, 0.3) is 0 Å². The zero-order chi connectivity index (χ0) is 46.2. The fraction of sp³-hybridized carbons (Fsp3) is 0.976. The Hall–Kier alpha value is -1.25. The van der Waals surface area contributed by atoms with Gasteiger partial charge < -0.3 is 95.0 Å². The zero-order valence-corrected chi connectivity index (χ0v) is 36.9. The maximum atomic E-state index is 14.6. The van der Waals surface area contributed by atoms with E-state index >= 15 is 0 Å². The van der Waals surface area contributed by atoms with E-state index < -0.39 is 143 Å². The molecule has 62 heavy (non-hydrogen) atoms. The molecule has 0 aromatic rings. The van der Waals surface area contributed by atoms with Crippen molar-refractivity contribution in [2.24, 2.45) is 5.92 Å². The van der Waals surface area contributed by atoms with Crippen LogP contribution in [0.15, 0.2) is 0 Å². The number of aliphatic hydroxyl groups is 12. The minimum Gasteiger partial charge on any atom is -0.394 e. The molecule has 0 aromatic heterocycles. The summed E-state index contributed by atoms with van der Waals surface area (Å²) in [7, 11) is 0. The van der Waals surface area contributed by atoms with Gasteiger partial charge in [0, 0.05) is 5.92 Å². The van der Waals surface area contributed by atoms with E-state index in [0.717, 1.165) is 89.9 Å². The summed E-state index contributed by atoms with van der Waals surface area (Å²) in [5.74, 6) is -1.07. The fourth-order valence-corrected chi connectivity index (χ4v) is 7.51. The summed E-state index contributed by atoms with van der Waals surface area (Å²) in [4.78, 5) is 14.6. The van der Waals surface area contributed by atoms with Crippen LogP contribution in [0.1, 0.15) is 124 Å². The molecule has 20 heteroatoms. The first-order valence-electron chi connectivity index (χ1n) is 22.7. The summed E-state index contributed by atoms with van der Waals surface area (Å²) in [6.07, 6.45) is -9.06. The van der Waals surface area contributed by atoms with Crippen LogP contribution in [0, 0.1) is 5.92 Å². The highest BCUT2D eigenvalue weighted by Gasteiger charge is 2.48. The number of rotatable bonds is 34. The maximum absolute atomic E-state index is 14.6. The minimum atomic E-state index is -2.38. The molecule has 2 fully saturated rings. The Balaban J connectivity index is 2.57. The molecule has 0 bridgehead atoms. The number of carbonyl (C=O) groups is 1. The van der Waals surface area contributed by atoms with Crippen LogP contribution in [0.5, 0.6) is 0 Å². The second-order valence-corrected chi connectivity index (χ2v) is 17.0. The molecule has 2 rings (SSSR count). The van der Waals surface area contributed by atoms with E-state index in [1.807, 2.05) is 0 Å². The molecule has 13 atom stereocenters. The molecule has 12 unspecified atom stereocenters. The highest BCUT2D eigenvalue weighted by molar-refractivity contribution is 5.79. The first kappa shape index (κ1) is 56.9. The predicted molar refractivity (Wildman–Crippen MR) is 221 cm³/mol. The first-order valence-corrected chi connectivity index (χ1v) is 22.7. The predicted octanol–water partition coefficient (Wildman–Crippen LogP) is -1.22. The van der Waals surface area contributed by atoms with E-state index in [-0.39, 0.29) is 0 Å². The van der Waals surface area contributed by atoms with Crippen LogP contribution in [0.3, 0.4) is 0 Å². The van der Waals surface area contributed by atoms with Crippen molar-refractivity contribution in [3.63, 3.8) is 0 Å². The van der Waals surface area contributed by atoms with Gasteiger partial charge in [-0.15, -0.1) is 0 Å². The van der Waals surface area contributed by atoms with Gasteiger partial charge in [0.1, 0.15) is 60.5 Å². The molecule has 0 spiro atoms. The van der Waals surface area contributed by atoms with Crippen LogP contribution >= 0.6 is 0 Å². The minimum absolute atomic E-state index is 0.500. The topological polar surface area (TPSA) is 327 Å². The van der Waals surface area contributed by atoms with Gasteiger partial charge in [0.25, 0.3) is 0 Å². The molecule has 0 radical (unpaired) electrons. The van der Waals surface area contributed by atoms with Crippen LogP contribution in [0.2, 0.25) is 0 Å². The van der Waals surface area contributed by atoms with Gasteiger partial charge in [-0.25, -0.2) is 0 Å². The molecular formula is C42H81NO19. The molecule has 2 aliphatic heterocycles. The van der Waals surface area contributed by atoms with Crippen LogP contribution in [0.4, 0.5) is 0 Å². The lowest BCUT2D eigenvalue weighted by Gasteiger charge is -2.44. The number of aliphatic hydroxyl groups excluding tert-OH is 11. The largest absolute Gasteiger partial charge is 0.394 e. The third-order valence-electron chi connectivity index (χ3n) is 11.6. The summed E-state index contributed by atoms with van der Waals surface area (Å²) < 4.78 is 34.3. The van der Waals surface area contributed by atoms with Crippen LogP contribution < -0.4 is 5.32 Å². The van der Waals surface area contributed by atoms with Gasteiger partial charge in [0.05, 0.1) is 45.7 Å². The monoisotopic (exact) mass is 904 g/mol. The molecule has 13 N–H and O–H groups in total. The van der Waals surface area contributed by atoms with Crippen molar-refractivity contribution in [1.29, 1.82) is 0 Å². The van der Waals surface area contributed by atoms with E-state index in [0.29, 0.717) is 12.8 Å². The molecule has 368 valence electrons. The lowest BCUT2D eigenvalue weighted by atomic mass is 9.91. The van der Waals surface area contributed by atoms with Crippen molar-refractivity contribution in [2.45, 2.75) is 215 Å². The molecule has 1 amide bonds. The first-order chi connectivity index (χ1) is 29.6. The van der Waals surface area contributed by atoms with Gasteiger partial charge in [-0.2, -0.15) is 0 Å². The normalized spacial score (nSPS) is 29.4. The molecule has 20 nitrogen and oxygen atoms in total. The molecule has 0 aromatic carbocycles. The number of hydrogen-bond acceptors (Lipinski definition) is 19. The summed E-state index contributed by atoms with van der Waals surface area (Å²) in [5.41, 5.74) is -2.00. The Kier molecular flexibility index (Phi) is 28.3. The highest BCUT2D eigenvalue weighted by atomic mass is 16.7. The molecular weight excluding hydrogens is 822 g/mol. The SMILES string of the molecule is CCCCCCCCCC(CCCCCCCCC)C(=O)NC(COC(OC(CO)[C@H](C)O)C(O)O)(COC1OC(CO)C(O)C(O)C1O)COC1OC(CO)C(O)C(O)C1O. The van der Waals surface area contributed by atoms with Crippen molar-refractivity contribution in [1.82, 2.24) is 5.32 Å². The van der Waals surface area contributed by atoms with Crippen molar-refractivity contribution >= 4 is 5.91 Å². The Morgan fingerprint density at radius 1 is 0.613 bits per heavy atom. The van der Waals surface area contributed by atoms with E-state index in [4.69, 9.17) is 28.4 Å². The smallest absolute Gasteiger partial charge is 0.223 e. The second-order valence-electron chi connectivity index (χ2n) is 17.0. The lowest BCUT2D eigenvalue weighted by Crippen LogP contribution is -2.65. The second kappa shape index (κ2) is 30.9. The van der Waals surface area contributed by atoms with Gasteiger partial charge in [0.2, 0.25) is 18.5 Å². The van der Waals surface area contributed by atoms with E-state index in [9.17, 15) is 66.1 Å². The van der Waals surface area contributed by atoms with Crippen LogP contribution in [-0.4, -0.2) is 199 Å². The average molecular weight is 904 g/mol. The molecule has 0 saturated carbocycles. The number of hydrogen-bond donors (Lipinski definition) is 13. The average Bonchev–Trinajstić information content (AvgIpc) is 3.25. The number of amides is 1. The van der Waals surface area contributed by atoms with Crippen molar-refractivity contribution in [3.8, 4) is 0 Å². The van der Waals surface area contributed by atoms with Gasteiger partial charge in [0.15, 0.2) is 12.6 Å². The Labute approximate surface area is 366 Å².